The third-order valence-electron chi connectivity index (χ3n) is 1.85. The molecule has 0 spiro atoms. The zero-order chi connectivity index (χ0) is 13.2. The van der Waals surface area contributed by atoms with Crippen LogP contribution in [0.1, 0.15) is 5.56 Å². The molecular weight excluding hydrogens is 244 g/mol. The Kier molecular flexibility index (Phi) is 3.72. The van der Waals surface area contributed by atoms with Gasteiger partial charge in [0.25, 0.3) is 0 Å². The van der Waals surface area contributed by atoms with Crippen molar-refractivity contribution in [2.24, 2.45) is 0 Å². The van der Waals surface area contributed by atoms with Crippen LogP contribution >= 0.6 is 0 Å². The first-order chi connectivity index (χ1) is 7.90. The van der Waals surface area contributed by atoms with E-state index in [9.17, 15) is 27.5 Å². The average molecular weight is 249 g/mol. The molecule has 0 aliphatic heterocycles. The van der Waals surface area contributed by atoms with E-state index in [-0.39, 0.29) is 6.08 Å². The second-order valence-corrected chi connectivity index (χ2v) is 2.86. The third kappa shape index (κ3) is 2.38. The molecule has 1 aromatic rings. The predicted octanol–water partition coefficient (Wildman–Crippen LogP) is 1.01. The topological polar surface area (TPSA) is 49.4 Å². The minimum Gasteiger partial charge on any atom is -0.545 e. The molecule has 0 aliphatic carbocycles. The number of hydrogen-bond donors (Lipinski definition) is 0. The van der Waals surface area contributed by atoms with Crippen LogP contribution < -0.4 is 9.84 Å². The second kappa shape index (κ2) is 4.86. The number of carboxylic acids is 1. The quantitative estimate of drug-likeness (QED) is 0.456. The van der Waals surface area contributed by atoms with E-state index < -0.39 is 40.6 Å². The van der Waals surface area contributed by atoms with E-state index >= 15 is 0 Å². The molecule has 0 N–H and O–H groups in total. The molecule has 92 valence electrons. The second-order valence-electron chi connectivity index (χ2n) is 2.86. The molecule has 0 saturated heterocycles. The molecule has 0 heterocycles. The zero-order valence-corrected chi connectivity index (χ0v) is 8.39. The van der Waals surface area contributed by atoms with Crippen molar-refractivity contribution in [1.82, 2.24) is 0 Å². The largest absolute Gasteiger partial charge is 0.545 e. The molecule has 3 nitrogen and oxygen atoms in total. The fourth-order valence-corrected chi connectivity index (χ4v) is 1.11. The lowest BCUT2D eigenvalue weighted by Crippen LogP contribution is -2.18. The lowest BCUT2D eigenvalue weighted by atomic mass is 10.1. The Balaban J connectivity index is 3.48. The number of ether oxygens (including phenoxy) is 1. The van der Waals surface area contributed by atoms with Gasteiger partial charge in [-0.3, -0.25) is 0 Å². The molecule has 7 heteroatoms. The predicted molar refractivity (Wildman–Crippen MR) is 46.9 cm³/mol. The van der Waals surface area contributed by atoms with Gasteiger partial charge in [0.2, 0.25) is 11.6 Å². The highest BCUT2D eigenvalue weighted by atomic mass is 19.2. The number of hydrogen-bond acceptors (Lipinski definition) is 3. The lowest BCUT2D eigenvalue weighted by Gasteiger charge is -2.08. The van der Waals surface area contributed by atoms with E-state index in [2.05, 4.69) is 4.74 Å². The molecule has 0 aliphatic rings. The minimum atomic E-state index is -1.76. The summed E-state index contributed by atoms with van der Waals surface area (Å²) in [5.41, 5.74) is -1.16. The Morgan fingerprint density at radius 2 is 1.59 bits per heavy atom. The van der Waals surface area contributed by atoms with Crippen molar-refractivity contribution in [3.63, 3.8) is 0 Å². The van der Waals surface area contributed by atoms with Crippen molar-refractivity contribution >= 4 is 12.0 Å². The first kappa shape index (κ1) is 13.0. The molecule has 1 aromatic carbocycles. The molecule has 0 radical (unpaired) electrons. The first-order valence-corrected chi connectivity index (χ1v) is 4.19. The van der Waals surface area contributed by atoms with E-state index in [4.69, 9.17) is 0 Å². The summed E-state index contributed by atoms with van der Waals surface area (Å²) >= 11 is 0. The highest BCUT2D eigenvalue weighted by Gasteiger charge is 2.24. The standard InChI is InChI=1S/C10H6F4O3/c1-17-10-8(13)6(11)4(2-3-5(15)16)7(12)9(10)14/h2-3H,1H3,(H,15,16)/p-1/b3-2+. The summed E-state index contributed by atoms with van der Waals surface area (Å²) < 4.78 is 56.8. The van der Waals surface area contributed by atoms with Crippen LogP contribution in [-0.2, 0) is 4.79 Å². The van der Waals surface area contributed by atoms with Crippen LogP contribution in [0.4, 0.5) is 17.6 Å². The fourth-order valence-electron chi connectivity index (χ4n) is 1.11. The summed E-state index contributed by atoms with van der Waals surface area (Å²) in [5.74, 6) is -9.98. The van der Waals surface area contributed by atoms with Gasteiger partial charge in [-0.15, -0.1) is 0 Å². The molecule has 0 amide bonds. The van der Waals surface area contributed by atoms with E-state index in [1.807, 2.05) is 0 Å². The highest BCUT2D eigenvalue weighted by molar-refractivity contribution is 5.83. The fraction of sp³-hybridized carbons (Fsp3) is 0.100. The maximum absolute atomic E-state index is 13.2. The number of methoxy groups -OCH3 is 1. The molecule has 0 aromatic heterocycles. The summed E-state index contributed by atoms with van der Waals surface area (Å²) in [7, 11) is 0.830. The third-order valence-corrected chi connectivity index (χ3v) is 1.85. The van der Waals surface area contributed by atoms with Crippen LogP contribution in [0.3, 0.4) is 0 Å². The summed E-state index contributed by atoms with van der Waals surface area (Å²) in [6, 6.07) is 0. The average Bonchev–Trinajstić information content (AvgIpc) is 2.27. The van der Waals surface area contributed by atoms with Gasteiger partial charge in [-0.1, -0.05) is 0 Å². The maximum atomic E-state index is 13.2. The van der Waals surface area contributed by atoms with Crippen LogP contribution in [0.25, 0.3) is 6.08 Å². The van der Waals surface area contributed by atoms with E-state index in [1.165, 1.54) is 0 Å². The van der Waals surface area contributed by atoms with Crippen molar-refractivity contribution < 1.29 is 32.2 Å². The lowest BCUT2D eigenvalue weighted by molar-refractivity contribution is -0.297. The van der Waals surface area contributed by atoms with Gasteiger partial charge in [0, 0.05) is 0 Å². The molecule has 1 rings (SSSR count). The summed E-state index contributed by atoms with van der Waals surface area (Å²) in [5, 5.41) is 10.0. The molecule has 17 heavy (non-hydrogen) atoms. The van der Waals surface area contributed by atoms with Gasteiger partial charge in [0.15, 0.2) is 17.4 Å². The number of benzene rings is 1. The Bertz CT molecular complexity index is 468. The smallest absolute Gasteiger partial charge is 0.204 e. The van der Waals surface area contributed by atoms with Gasteiger partial charge >= 0.3 is 0 Å². The number of aliphatic carboxylic acids is 1. The molecule has 0 saturated carbocycles. The van der Waals surface area contributed by atoms with Crippen molar-refractivity contribution in [3.05, 3.63) is 34.9 Å². The molecule has 0 fully saturated rings. The van der Waals surface area contributed by atoms with Crippen molar-refractivity contribution in [2.75, 3.05) is 7.11 Å². The van der Waals surface area contributed by atoms with Crippen LogP contribution in [0.15, 0.2) is 6.08 Å². The molecule has 0 atom stereocenters. The molecular formula is C10H5F4O3-. The highest BCUT2D eigenvalue weighted by Crippen LogP contribution is 2.30. The summed E-state index contributed by atoms with van der Waals surface area (Å²) in [4.78, 5) is 10.0. The normalized spacial score (nSPS) is 10.9. The Hall–Kier alpha value is -2.05. The van der Waals surface area contributed by atoms with Gasteiger partial charge in [-0.2, -0.15) is 8.78 Å². The van der Waals surface area contributed by atoms with Gasteiger partial charge in [0.05, 0.1) is 18.6 Å². The monoisotopic (exact) mass is 249 g/mol. The number of carboxylic acid groups (broad SMARTS) is 1. The Labute approximate surface area is 92.9 Å². The van der Waals surface area contributed by atoms with E-state index in [0.717, 1.165) is 7.11 Å². The van der Waals surface area contributed by atoms with Crippen LogP contribution in [0.5, 0.6) is 5.75 Å². The van der Waals surface area contributed by atoms with Crippen molar-refractivity contribution in [1.29, 1.82) is 0 Å². The van der Waals surface area contributed by atoms with Crippen molar-refractivity contribution in [2.45, 2.75) is 0 Å². The number of halogens is 4. The maximum Gasteiger partial charge on any atom is 0.204 e. The molecule has 0 unspecified atom stereocenters. The van der Waals surface area contributed by atoms with Crippen LogP contribution in [-0.4, -0.2) is 13.1 Å². The Morgan fingerprint density at radius 3 is 1.94 bits per heavy atom. The number of carbonyl (C=O) groups excluding carboxylic acids is 1. The van der Waals surface area contributed by atoms with Gasteiger partial charge < -0.3 is 14.6 Å². The van der Waals surface area contributed by atoms with Crippen LogP contribution in [0.2, 0.25) is 0 Å². The van der Waals surface area contributed by atoms with Crippen LogP contribution in [0, 0.1) is 23.3 Å². The summed E-state index contributed by atoms with van der Waals surface area (Å²) in [6.07, 6.45) is 0.596. The molecule has 0 bridgehead atoms. The van der Waals surface area contributed by atoms with Gasteiger partial charge in [-0.05, 0) is 12.2 Å². The van der Waals surface area contributed by atoms with Crippen molar-refractivity contribution in [3.8, 4) is 5.75 Å². The van der Waals surface area contributed by atoms with Gasteiger partial charge in [-0.25, -0.2) is 8.78 Å². The Morgan fingerprint density at radius 1 is 1.12 bits per heavy atom. The zero-order valence-electron chi connectivity index (χ0n) is 8.39. The van der Waals surface area contributed by atoms with E-state index in [0.29, 0.717) is 6.08 Å². The summed E-state index contributed by atoms with van der Waals surface area (Å²) in [6.45, 7) is 0. The van der Waals surface area contributed by atoms with Gasteiger partial charge in [0.1, 0.15) is 0 Å². The first-order valence-electron chi connectivity index (χ1n) is 4.19. The number of carbonyl (C=O) groups is 1. The number of rotatable bonds is 3. The SMILES string of the molecule is COc1c(F)c(F)c(/C=C/C(=O)[O-])c(F)c1F. The van der Waals surface area contributed by atoms with E-state index in [1.54, 1.807) is 0 Å². The minimum absolute atomic E-state index is 0.243.